The minimum absolute atomic E-state index is 0.253. The molecule has 1 aromatic rings. The highest BCUT2D eigenvalue weighted by atomic mass is 16.2. The summed E-state index contributed by atoms with van der Waals surface area (Å²) >= 11 is 0. The lowest BCUT2D eigenvalue weighted by atomic mass is 10.3. The molecule has 0 fully saturated rings. The Morgan fingerprint density at radius 3 is 2.78 bits per heavy atom. The number of imidazole rings is 1. The van der Waals surface area contributed by atoms with E-state index in [0.717, 1.165) is 18.5 Å². The van der Waals surface area contributed by atoms with Crippen molar-refractivity contribution in [1.29, 1.82) is 0 Å². The van der Waals surface area contributed by atoms with Crippen LogP contribution in [0.3, 0.4) is 0 Å². The monoisotopic (exact) mass is 250 g/mol. The fourth-order valence-electron chi connectivity index (χ4n) is 1.71. The Kier molecular flexibility index (Phi) is 4.95. The number of nitrogens with one attached hydrogen (secondary N) is 1. The van der Waals surface area contributed by atoms with E-state index in [-0.39, 0.29) is 11.9 Å². The van der Waals surface area contributed by atoms with E-state index in [9.17, 15) is 4.79 Å². The molecule has 1 heterocycles. The van der Waals surface area contributed by atoms with Crippen LogP contribution in [-0.2, 0) is 0 Å². The van der Waals surface area contributed by atoms with Gasteiger partial charge in [-0.1, -0.05) is 13.3 Å². The van der Waals surface area contributed by atoms with Crippen molar-refractivity contribution >= 4 is 5.91 Å². The maximum atomic E-state index is 12.0. The van der Waals surface area contributed by atoms with Gasteiger partial charge in [-0.3, -0.25) is 4.79 Å². The standard InChI is InChI=1S/C13H22N4O/c1-5-6-7-11(14)16-13(18)12-10(4)17(8-15-12)9(2)3/h7-9H,5-6,14H2,1-4H3,(H,16,18)/b11-7+. The quantitative estimate of drug-likeness (QED) is 0.840. The molecule has 0 saturated heterocycles. The Balaban J connectivity index is 2.79. The maximum absolute atomic E-state index is 12.0. The second kappa shape index (κ2) is 6.23. The van der Waals surface area contributed by atoms with Gasteiger partial charge in [-0.15, -0.1) is 0 Å². The summed E-state index contributed by atoms with van der Waals surface area (Å²) in [7, 11) is 0. The van der Waals surface area contributed by atoms with Crippen molar-refractivity contribution < 1.29 is 4.79 Å². The van der Waals surface area contributed by atoms with Crippen LogP contribution in [0.15, 0.2) is 18.2 Å². The van der Waals surface area contributed by atoms with Gasteiger partial charge in [-0.2, -0.15) is 0 Å². The van der Waals surface area contributed by atoms with E-state index in [0.29, 0.717) is 11.5 Å². The molecule has 5 nitrogen and oxygen atoms in total. The number of amides is 1. The summed E-state index contributed by atoms with van der Waals surface area (Å²) in [6.45, 7) is 8.03. The third kappa shape index (κ3) is 3.35. The normalized spacial score (nSPS) is 11.9. The number of nitrogens with two attached hydrogens (primary N) is 1. The molecule has 0 aliphatic rings. The molecular weight excluding hydrogens is 228 g/mol. The Hall–Kier alpha value is -1.78. The lowest BCUT2D eigenvalue weighted by Gasteiger charge is -2.09. The number of hydrogen-bond donors (Lipinski definition) is 2. The van der Waals surface area contributed by atoms with Crippen LogP contribution in [0.25, 0.3) is 0 Å². The SMILES string of the molecule is CCC/C=C(\N)NC(=O)c1ncn(C(C)C)c1C. The summed E-state index contributed by atoms with van der Waals surface area (Å²) < 4.78 is 1.96. The van der Waals surface area contributed by atoms with E-state index >= 15 is 0 Å². The van der Waals surface area contributed by atoms with Gasteiger partial charge in [0.25, 0.3) is 5.91 Å². The summed E-state index contributed by atoms with van der Waals surface area (Å²) in [5.74, 6) is 0.136. The van der Waals surface area contributed by atoms with Crippen LogP contribution >= 0.6 is 0 Å². The highest BCUT2D eigenvalue weighted by Gasteiger charge is 2.15. The van der Waals surface area contributed by atoms with Crippen LogP contribution in [0.5, 0.6) is 0 Å². The van der Waals surface area contributed by atoms with Crippen molar-refractivity contribution in [1.82, 2.24) is 14.9 Å². The van der Waals surface area contributed by atoms with Crippen molar-refractivity contribution in [3.63, 3.8) is 0 Å². The summed E-state index contributed by atoms with van der Waals surface area (Å²) in [5.41, 5.74) is 6.99. The zero-order valence-corrected chi connectivity index (χ0v) is 11.5. The molecule has 0 bridgehead atoms. The van der Waals surface area contributed by atoms with Gasteiger partial charge in [0.1, 0.15) is 5.69 Å². The Bertz CT molecular complexity index is 446. The lowest BCUT2D eigenvalue weighted by molar-refractivity contribution is 0.0960. The summed E-state index contributed by atoms with van der Waals surface area (Å²) in [6, 6.07) is 0.284. The zero-order valence-electron chi connectivity index (χ0n) is 11.5. The molecule has 100 valence electrons. The highest BCUT2D eigenvalue weighted by molar-refractivity contribution is 5.94. The van der Waals surface area contributed by atoms with Gasteiger partial charge in [0.15, 0.2) is 0 Å². The molecule has 0 spiro atoms. The maximum Gasteiger partial charge on any atom is 0.277 e. The molecular formula is C13H22N4O. The highest BCUT2D eigenvalue weighted by Crippen LogP contribution is 2.12. The van der Waals surface area contributed by atoms with Gasteiger partial charge in [-0.05, 0) is 33.3 Å². The molecule has 5 heteroatoms. The average Bonchev–Trinajstić information content (AvgIpc) is 2.68. The second-order valence-electron chi connectivity index (χ2n) is 4.58. The van der Waals surface area contributed by atoms with Crippen molar-refractivity contribution in [3.05, 3.63) is 29.6 Å². The molecule has 18 heavy (non-hydrogen) atoms. The number of aromatic nitrogens is 2. The van der Waals surface area contributed by atoms with Crippen LogP contribution < -0.4 is 11.1 Å². The van der Waals surface area contributed by atoms with E-state index in [1.807, 2.05) is 31.4 Å². The molecule has 3 N–H and O–H groups in total. The molecule has 1 aromatic heterocycles. The van der Waals surface area contributed by atoms with Crippen molar-refractivity contribution in [3.8, 4) is 0 Å². The van der Waals surface area contributed by atoms with E-state index in [2.05, 4.69) is 17.2 Å². The van der Waals surface area contributed by atoms with Gasteiger partial charge in [0.05, 0.1) is 12.1 Å². The molecule has 1 amide bonds. The van der Waals surface area contributed by atoms with Crippen LogP contribution in [-0.4, -0.2) is 15.5 Å². The van der Waals surface area contributed by atoms with Crippen molar-refractivity contribution in [2.24, 2.45) is 5.73 Å². The minimum Gasteiger partial charge on any atom is -0.385 e. The first-order valence-electron chi connectivity index (χ1n) is 6.27. The first-order valence-corrected chi connectivity index (χ1v) is 6.27. The Morgan fingerprint density at radius 1 is 1.61 bits per heavy atom. The van der Waals surface area contributed by atoms with Crippen LogP contribution in [0.2, 0.25) is 0 Å². The van der Waals surface area contributed by atoms with Crippen molar-refractivity contribution in [2.75, 3.05) is 0 Å². The number of nitrogens with zero attached hydrogens (tertiary/aromatic N) is 2. The average molecular weight is 250 g/mol. The second-order valence-corrected chi connectivity index (χ2v) is 4.58. The van der Waals surface area contributed by atoms with Gasteiger partial charge >= 0.3 is 0 Å². The molecule has 1 rings (SSSR count). The third-order valence-electron chi connectivity index (χ3n) is 2.72. The van der Waals surface area contributed by atoms with Gasteiger partial charge in [0, 0.05) is 11.7 Å². The number of unbranched alkanes of at least 4 members (excludes halogenated alkanes) is 1. The largest absolute Gasteiger partial charge is 0.385 e. The first-order chi connectivity index (χ1) is 8.47. The topological polar surface area (TPSA) is 72.9 Å². The third-order valence-corrected chi connectivity index (χ3v) is 2.72. The number of carbonyl (C=O) groups is 1. The molecule has 0 aliphatic heterocycles. The van der Waals surface area contributed by atoms with E-state index in [1.54, 1.807) is 6.33 Å². The number of rotatable bonds is 5. The van der Waals surface area contributed by atoms with Crippen LogP contribution in [0.1, 0.15) is 55.8 Å². The van der Waals surface area contributed by atoms with Gasteiger partial charge < -0.3 is 15.6 Å². The van der Waals surface area contributed by atoms with Gasteiger partial charge in [-0.25, -0.2) is 4.98 Å². The molecule has 0 unspecified atom stereocenters. The summed E-state index contributed by atoms with van der Waals surface area (Å²) in [6.07, 6.45) is 5.34. The number of hydrogen-bond acceptors (Lipinski definition) is 3. The summed E-state index contributed by atoms with van der Waals surface area (Å²) in [4.78, 5) is 16.1. The lowest BCUT2D eigenvalue weighted by Crippen LogP contribution is -2.28. The predicted molar refractivity (Wildman–Crippen MR) is 72.0 cm³/mol. The van der Waals surface area contributed by atoms with E-state index in [4.69, 9.17) is 5.73 Å². The molecule has 0 atom stereocenters. The van der Waals surface area contributed by atoms with E-state index in [1.165, 1.54) is 0 Å². The van der Waals surface area contributed by atoms with Gasteiger partial charge in [0.2, 0.25) is 0 Å². The fourth-order valence-corrected chi connectivity index (χ4v) is 1.71. The molecule has 0 aliphatic carbocycles. The molecule has 0 aromatic carbocycles. The predicted octanol–water partition coefficient (Wildman–Crippen LogP) is 2.10. The Labute approximate surface area is 108 Å². The number of allylic oxidation sites excluding steroid dienone is 1. The molecule has 0 saturated carbocycles. The Morgan fingerprint density at radius 2 is 2.28 bits per heavy atom. The zero-order chi connectivity index (χ0) is 13.7. The fraction of sp³-hybridized carbons (Fsp3) is 0.538. The molecule has 0 radical (unpaired) electrons. The van der Waals surface area contributed by atoms with Crippen molar-refractivity contribution in [2.45, 2.75) is 46.6 Å². The minimum atomic E-state index is -0.253. The van der Waals surface area contributed by atoms with Crippen LogP contribution in [0.4, 0.5) is 0 Å². The first kappa shape index (κ1) is 14.3. The summed E-state index contributed by atoms with van der Waals surface area (Å²) in [5, 5.41) is 2.65. The van der Waals surface area contributed by atoms with Crippen LogP contribution in [0, 0.1) is 6.92 Å². The number of carbonyl (C=O) groups excluding carboxylic acids is 1. The van der Waals surface area contributed by atoms with E-state index < -0.39 is 0 Å². The smallest absolute Gasteiger partial charge is 0.277 e.